The van der Waals surface area contributed by atoms with E-state index in [0.717, 1.165) is 11.3 Å². The van der Waals surface area contributed by atoms with E-state index in [0.29, 0.717) is 25.2 Å². The fourth-order valence-electron chi connectivity index (χ4n) is 1.83. The molecule has 0 saturated carbocycles. The van der Waals surface area contributed by atoms with Crippen molar-refractivity contribution in [2.24, 2.45) is 0 Å². The quantitative estimate of drug-likeness (QED) is 0.787. The second kappa shape index (κ2) is 6.79. The van der Waals surface area contributed by atoms with E-state index < -0.39 is 5.97 Å². The molecule has 1 N–H and O–H groups in total. The monoisotopic (exact) mass is 279 g/mol. The van der Waals surface area contributed by atoms with Crippen molar-refractivity contribution >= 4 is 11.9 Å². The third kappa shape index (κ3) is 3.88. The van der Waals surface area contributed by atoms with Gasteiger partial charge < -0.3 is 19.5 Å². The number of benzene rings is 1. The van der Waals surface area contributed by atoms with Gasteiger partial charge in [0.2, 0.25) is 12.7 Å². The van der Waals surface area contributed by atoms with Crippen molar-refractivity contribution in [1.29, 1.82) is 0 Å². The summed E-state index contributed by atoms with van der Waals surface area (Å²) in [6.45, 7) is 2.18. The van der Waals surface area contributed by atoms with Crippen LogP contribution in [0.2, 0.25) is 0 Å². The highest BCUT2D eigenvalue weighted by Gasteiger charge is 2.13. The molecule has 1 aliphatic heterocycles. The number of fused-ring (bicyclic) bond motifs is 1. The van der Waals surface area contributed by atoms with E-state index in [9.17, 15) is 9.59 Å². The third-order valence-electron chi connectivity index (χ3n) is 2.81. The number of carbonyl (C=O) groups is 2. The summed E-state index contributed by atoms with van der Waals surface area (Å²) in [4.78, 5) is 22.7. The highest BCUT2D eigenvalue weighted by Crippen LogP contribution is 2.32. The lowest BCUT2D eigenvalue weighted by Crippen LogP contribution is -2.30. The number of rotatable bonds is 6. The molecular weight excluding hydrogens is 262 g/mol. The van der Waals surface area contributed by atoms with Gasteiger partial charge in [-0.05, 0) is 31.0 Å². The van der Waals surface area contributed by atoms with Gasteiger partial charge >= 0.3 is 5.97 Å². The number of hydrogen-bond acceptors (Lipinski definition) is 5. The number of hydrogen-bond donors (Lipinski definition) is 1. The first kappa shape index (κ1) is 14.2. The van der Waals surface area contributed by atoms with Crippen LogP contribution in [0.3, 0.4) is 0 Å². The molecule has 0 radical (unpaired) electrons. The molecule has 20 heavy (non-hydrogen) atoms. The predicted molar refractivity (Wildman–Crippen MR) is 70.5 cm³/mol. The molecule has 108 valence electrons. The minimum atomic E-state index is -0.427. The van der Waals surface area contributed by atoms with Crippen LogP contribution in [0.25, 0.3) is 0 Å². The van der Waals surface area contributed by atoms with E-state index in [1.807, 2.05) is 18.2 Å². The number of ether oxygens (including phenoxy) is 3. The van der Waals surface area contributed by atoms with Crippen LogP contribution < -0.4 is 14.8 Å². The van der Waals surface area contributed by atoms with Gasteiger partial charge in [-0.2, -0.15) is 0 Å². The molecule has 1 aliphatic rings. The van der Waals surface area contributed by atoms with Crippen LogP contribution in [-0.2, 0) is 20.7 Å². The Bertz CT molecular complexity index is 500. The smallest absolute Gasteiger partial charge is 0.325 e. The maximum atomic E-state index is 11.6. The average Bonchev–Trinajstić information content (AvgIpc) is 2.90. The minimum Gasteiger partial charge on any atom is -0.465 e. The lowest BCUT2D eigenvalue weighted by atomic mass is 10.1. The molecule has 0 saturated heterocycles. The van der Waals surface area contributed by atoms with Crippen molar-refractivity contribution in [3.8, 4) is 11.5 Å². The summed E-state index contributed by atoms with van der Waals surface area (Å²) in [7, 11) is 0. The van der Waals surface area contributed by atoms with Gasteiger partial charge in [0.05, 0.1) is 6.61 Å². The Kier molecular flexibility index (Phi) is 4.81. The highest BCUT2D eigenvalue weighted by atomic mass is 16.7. The van der Waals surface area contributed by atoms with Gasteiger partial charge in [0.1, 0.15) is 6.54 Å². The van der Waals surface area contributed by atoms with Gasteiger partial charge in [-0.15, -0.1) is 0 Å². The number of nitrogens with one attached hydrogen (secondary N) is 1. The van der Waals surface area contributed by atoms with Gasteiger partial charge in [-0.25, -0.2) is 0 Å². The standard InChI is InChI=1S/C14H17NO5/c1-2-18-14(17)8-15-13(16)6-4-10-3-5-11-12(7-10)20-9-19-11/h3,5,7H,2,4,6,8-9H2,1H3,(H,15,16). The lowest BCUT2D eigenvalue weighted by molar-refractivity contribution is -0.143. The van der Waals surface area contributed by atoms with Gasteiger partial charge in [0.15, 0.2) is 11.5 Å². The molecule has 0 aromatic heterocycles. The summed E-state index contributed by atoms with van der Waals surface area (Å²) in [6, 6.07) is 5.58. The van der Waals surface area contributed by atoms with E-state index >= 15 is 0 Å². The van der Waals surface area contributed by atoms with Gasteiger partial charge in [0.25, 0.3) is 0 Å². The van der Waals surface area contributed by atoms with Crippen LogP contribution in [0.1, 0.15) is 18.9 Å². The predicted octanol–water partition coefficient (Wildman–Crippen LogP) is 1.03. The molecule has 1 amide bonds. The summed E-state index contributed by atoms with van der Waals surface area (Å²) >= 11 is 0. The molecule has 1 heterocycles. The van der Waals surface area contributed by atoms with E-state index in [4.69, 9.17) is 14.2 Å². The lowest BCUT2D eigenvalue weighted by Gasteiger charge is -2.05. The molecular formula is C14H17NO5. The molecule has 0 unspecified atom stereocenters. The molecule has 0 bridgehead atoms. The van der Waals surface area contributed by atoms with Crippen LogP contribution in [0.4, 0.5) is 0 Å². The average molecular weight is 279 g/mol. The Labute approximate surface area is 117 Å². The zero-order valence-electron chi connectivity index (χ0n) is 11.3. The van der Waals surface area contributed by atoms with Crippen molar-refractivity contribution in [3.63, 3.8) is 0 Å². The Morgan fingerprint density at radius 2 is 2.10 bits per heavy atom. The van der Waals surface area contributed by atoms with E-state index in [1.165, 1.54) is 0 Å². The molecule has 1 aromatic rings. The van der Waals surface area contributed by atoms with Crippen LogP contribution in [0, 0.1) is 0 Å². The first-order valence-electron chi connectivity index (χ1n) is 6.50. The summed E-state index contributed by atoms with van der Waals surface area (Å²) in [5.74, 6) is 0.814. The first-order chi connectivity index (χ1) is 9.69. The zero-order valence-corrected chi connectivity index (χ0v) is 11.3. The Balaban J connectivity index is 1.74. The molecule has 0 fully saturated rings. The van der Waals surface area contributed by atoms with Crippen LogP contribution in [-0.4, -0.2) is 31.8 Å². The highest BCUT2D eigenvalue weighted by molar-refractivity contribution is 5.82. The summed E-state index contributed by atoms with van der Waals surface area (Å²) in [5.41, 5.74) is 0.987. The molecule has 6 nitrogen and oxygen atoms in total. The van der Waals surface area contributed by atoms with Gasteiger partial charge in [0, 0.05) is 6.42 Å². The number of aryl methyl sites for hydroxylation is 1. The Morgan fingerprint density at radius 3 is 2.90 bits per heavy atom. The minimum absolute atomic E-state index is 0.0895. The Morgan fingerprint density at radius 1 is 1.30 bits per heavy atom. The maximum Gasteiger partial charge on any atom is 0.325 e. The summed E-state index contributed by atoms with van der Waals surface area (Å²) in [6.07, 6.45) is 0.879. The fraction of sp³-hybridized carbons (Fsp3) is 0.429. The molecule has 0 spiro atoms. The summed E-state index contributed by atoms with van der Waals surface area (Å²) < 4.78 is 15.2. The number of amides is 1. The van der Waals surface area contributed by atoms with Crippen molar-refractivity contribution < 1.29 is 23.8 Å². The van der Waals surface area contributed by atoms with Crippen LogP contribution in [0.5, 0.6) is 11.5 Å². The van der Waals surface area contributed by atoms with Crippen molar-refractivity contribution in [1.82, 2.24) is 5.32 Å². The second-order valence-electron chi connectivity index (χ2n) is 4.27. The normalized spacial score (nSPS) is 12.1. The molecule has 6 heteroatoms. The molecule has 0 aliphatic carbocycles. The molecule has 0 atom stereocenters. The van der Waals surface area contributed by atoms with Crippen LogP contribution >= 0.6 is 0 Å². The van der Waals surface area contributed by atoms with Crippen molar-refractivity contribution in [3.05, 3.63) is 23.8 Å². The van der Waals surface area contributed by atoms with Gasteiger partial charge in [-0.1, -0.05) is 6.07 Å². The molecule has 2 rings (SSSR count). The second-order valence-corrected chi connectivity index (χ2v) is 4.27. The summed E-state index contributed by atoms with van der Waals surface area (Å²) in [5, 5.41) is 2.52. The topological polar surface area (TPSA) is 73.9 Å². The SMILES string of the molecule is CCOC(=O)CNC(=O)CCc1ccc2c(c1)OCO2. The Hall–Kier alpha value is -2.24. The van der Waals surface area contributed by atoms with E-state index in [2.05, 4.69) is 5.32 Å². The third-order valence-corrected chi connectivity index (χ3v) is 2.81. The first-order valence-corrected chi connectivity index (χ1v) is 6.50. The van der Waals surface area contributed by atoms with Crippen LogP contribution in [0.15, 0.2) is 18.2 Å². The van der Waals surface area contributed by atoms with Crippen molar-refractivity contribution in [2.75, 3.05) is 19.9 Å². The van der Waals surface area contributed by atoms with E-state index in [1.54, 1.807) is 6.92 Å². The maximum absolute atomic E-state index is 11.6. The van der Waals surface area contributed by atoms with Gasteiger partial charge in [-0.3, -0.25) is 9.59 Å². The van der Waals surface area contributed by atoms with E-state index in [-0.39, 0.29) is 19.2 Å². The number of carbonyl (C=O) groups excluding carboxylic acids is 2. The van der Waals surface area contributed by atoms with Crippen molar-refractivity contribution in [2.45, 2.75) is 19.8 Å². The fourth-order valence-corrected chi connectivity index (χ4v) is 1.83. The number of esters is 1. The largest absolute Gasteiger partial charge is 0.465 e. The molecule has 1 aromatic carbocycles. The zero-order chi connectivity index (χ0) is 14.4.